The van der Waals surface area contributed by atoms with Crippen LogP contribution in [-0.4, -0.2) is 23.5 Å². The fourth-order valence-corrected chi connectivity index (χ4v) is 1.98. The van der Waals surface area contributed by atoms with Gasteiger partial charge in [-0.1, -0.05) is 0 Å². The monoisotopic (exact) mass is 211 g/mol. The topological polar surface area (TPSA) is 71.1 Å². The van der Waals surface area contributed by atoms with Crippen LogP contribution in [0.15, 0.2) is 5.38 Å². The van der Waals surface area contributed by atoms with E-state index >= 15 is 0 Å². The third kappa shape index (κ3) is 1.60. The van der Waals surface area contributed by atoms with Gasteiger partial charge in [0.1, 0.15) is 0 Å². The highest BCUT2D eigenvalue weighted by Gasteiger charge is 2.29. The van der Waals surface area contributed by atoms with Gasteiger partial charge in [-0.05, 0) is 6.92 Å². The van der Waals surface area contributed by atoms with Crippen molar-refractivity contribution in [3.8, 4) is 0 Å². The van der Waals surface area contributed by atoms with Gasteiger partial charge >= 0.3 is 6.03 Å². The number of aryl methyl sites for hydroxylation is 1. The highest BCUT2D eigenvalue weighted by atomic mass is 32.1. The summed E-state index contributed by atoms with van der Waals surface area (Å²) in [5, 5.41) is 7.54. The molecule has 1 fully saturated rings. The highest BCUT2D eigenvalue weighted by molar-refractivity contribution is 7.09. The van der Waals surface area contributed by atoms with Gasteiger partial charge in [0.25, 0.3) is 0 Å². The van der Waals surface area contributed by atoms with E-state index in [1.165, 1.54) is 11.3 Å². The van der Waals surface area contributed by atoms with Gasteiger partial charge in [-0.2, -0.15) is 0 Å². The molecule has 14 heavy (non-hydrogen) atoms. The third-order valence-electron chi connectivity index (χ3n) is 2.01. The van der Waals surface area contributed by atoms with Gasteiger partial charge in [-0.3, -0.25) is 10.1 Å². The molecule has 1 aromatic rings. The normalized spacial score (nSPS) is 21.6. The maximum Gasteiger partial charge on any atom is 0.321 e. The molecule has 74 valence electrons. The molecule has 0 radical (unpaired) electrons. The second-order valence-electron chi connectivity index (χ2n) is 3.04. The summed E-state index contributed by atoms with van der Waals surface area (Å²) < 4.78 is 0. The molecule has 1 aromatic heterocycles. The number of nitrogens with one attached hydrogen (secondary N) is 2. The third-order valence-corrected chi connectivity index (χ3v) is 2.81. The fraction of sp³-hybridized carbons (Fsp3) is 0.375. The van der Waals surface area contributed by atoms with E-state index in [0.717, 1.165) is 10.7 Å². The number of rotatable bonds is 1. The summed E-state index contributed by atoms with van der Waals surface area (Å²) in [6.07, 6.45) is 0. The molecule has 6 heteroatoms. The van der Waals surface area contributed by atoms with Gasteiger partial charge < -0.3 is 5.32 Å². The second kappa shape index (κ2) is 3.38. The van der Waals surface area contributed by atoms with Crippen molar-refractivity contribution in [1.82, 2.24) is 15.6 Å². The fourth-order valence-electron chi connectivity index (χ4n) is 1.31. The van der Waals surface area contributed by atoms with Crippen molar-refractivity contribution >= 4 is 23.3 Å². The molecule has 2 rings (SSSR count). The van der Waals surface area contributed by atoms with E-state index < -0.39 is 6.03 Å². The molecule has 0 aromatic carbocycles. The van der Waals surface area contributed by atoms with Crippen molar-refractivity contribution in [3.63, 3.8) is 0 Å². The van der Waals surface area contributed by atoms with Crippen LogP contribution < -0.4 is 10.6 Å². The van der Waals surface area contributed by atoms with Crippen molar-refractivity contribution in [1.29, 1.82) is 0 Å². The van der Waals surface area contributed by atoms with E-state index in [4.69, 9.17) is 0 Å². The summed E-state index contributed by atoms with van der Waals surface area (Å²) in [6, 6.07) is -0.432. The summed E-state index contributed by atoms with van der Waals surface area (Å²) in [4.78, 5) is 26.4. The van der Waals surface area contributed by atoms with Crippen LogP contribution in [0.5, 0.6) is 0 Å². The maximum absolute atomic E-state index is 11.4. The second-order valence-corrected chi connectivity index (χ2v) is 4.11. The standard InChI is InChI=1S/C8H9N3O2S/c1-4-10-6(3-14-4)5-2-9-8(13)11-7(5)12/h3,5H,2H2,1H3,(H2,9,11,12,13). The minimum Gasteiger partial charge on any atom is -0.337 e. The first kappa shape index (κ1) is 9.14. The lowest BCUT2D eigenvalue weighted by molar-refractivity contribution is -0.122. The Morgan fingerprint density at radius 1 is 1.57 bits per heavy atom. The Balaban J connectivity index is 2.19. The number of imide groups is 1. The average molecular weight is 211 g/mol. The van der Waals surface area contributed by atoms with E-state index in [1.807, 2.05) is 12.3 Å². The van der Waals surface area contributed by atoms with Crippen molar-refractivity contribution in [2.75, 3.05) is 6.54 Å². The largest absolute Gasteiger partial charge is 0.337 e. The summed E-state index contributed by atoms with van der Waals surface area (Å²) in [5.41, 5.74) is 0.727. The van der Waals surface area contributed by atoms with Crippen molar-refractivity contribution < 1.29 is 9.59 Å². The Hall–Kier alpha value is -1.43. The molecule has 1 unspecified atom stereocenters. The van der Waals surface area contributed by atoms with Gasteiger partial charge in [-0.15, -0.1) is 11.3 Å². The molecule has 3 amide bonds. The van der Waals surface area contributed by atoms with E-state index in [1.54, 1.807) is 0 Å². The quantitative estimate of drug-likeness (QED) is 0.705. The molecule has 5 nitrogen and oxygen atoms in total. The number of nitrogens with zero attached hydrogens (tertiary/aromatic N) is 1. The van der Waals surface area contributed by atoms with Crippen molar-refractivity contribution in [2.24, 2.45) is 0 Å². The molecule has 1 atom stereocenters. The van der Waals surface area contributed by atoms with Gasteiger partial charge in [0, 0.05) is 11.9 Å². The predicted octanol–water partition coefficient (Wildman–Crippen LogP) is 0.375. The summed E-state index contributed by atoms with van der Waals surface area (Å²) in [6.45, 7) is 2.21. The first-order chi connectivity index (χ1) is 6.66. The zero-order valence-corrected chi connectivity index (χ0v) is 8.35. The molecule has 1 aliphatic rings. The Labute approximate surface area is 84.5 Å². The van der Waals surface area contributed by atoms with Crippen LogP contribution in [-0.2, 0) is 4.79 Å². The highest BCUT2D eigenvalue weighted by Crippen LogP contribution is 2.19. The maximum atomic E-state index is 11.4. The average Bonchev–Trinajstić information content (AvgIpc) is 2.51. The van der Waals surface area contributed by atoms with E-state index in [2.05, 4.69) is 15.6 Å². The van der Waals surface area contributed by atoms with E-state index in [-0.39, 0.29) is 11.8 Å². The zero-order chi connectivity index (χ0) is 10.1. The van der Waals surface area contributed by atoms with Crippen LogP contribution in [0.2, 0.25) is 0 Å². The Morgan fingerprint density at radius 2 is 2.36 bits per heavy atom. The Bertz CT molecular complexity index is 388. The number of thiazole rings is 1. The first-order valence-electron chi connectivity index (χ1n) is 4.17. The number of aromatic nitrogens is 1. The van der Waals surface area contributed by atoms with Crippen LogP contribution in [0.4, 0.5) is 4.79 Å². The number of hydrogen-bond acceptors (Lipinski definition) is 4. The van der Waals surface area contributed by atoms with Crippen LogP contribution in [0.3, 0.4) is 0 Å². The number of urea groups is 1. The number of hydrogen-bond donors (Lipinski definition) is 2. The van der Waals surface area contributed by atoms with Gasteiger partial charge in [-0.25, -0.2) is 9.78 Å². The minimum atomic E-state index is -0.432. The summed E-state index contributed by atoms with van der Waals surface area (Å²) in [7, 11) is 0. The summed E-state index contributed by atoms with van der Waals surface area (Å²) in [5.74, 6) is -0.628. The number of carbonyl (C=O) groups is 2. The van der Waals surface area contributed by atoms with Crippen molar-refractivity contribution in [2.45, 2.75) is 12.8 Å². The van der Waals surface area contributed by atoms with Crippen LogP contribution >= 0.6 is 11.3 Å². The number of carbonyl (C=O) groups excluding carboxylic acids is 2. The Morgan fingerprint density at radius 3 is 2.93 bits per heavy atom. The molecule has 1 aliphatic heterocycles. The molecule has 2 heterocycles. The van der Waals surface area contributed by atoms with Gasteiger partial charge in [0.15, 0.2) is 0 Å². The molecular formula is C8H9N3O2S. The molecule has 0 spiro atoms. The van der Waals surface area contributed by atoms with Crippen molar-refractivity contribution in [3.05, 3.63) is 16.1 Å². The van der Waals surface area contributed by atoms with Crippen LogP contribution in [0.25, 0.3) is 0 Å². The molecule has 0 aliphatic carbocycles. The molecule has 0 bridgehead atoms. The molecule has 2 N–H and O–H groups in total. The van der Waals surface area contributed by atoms with E-state index in [0.29, 0.717) is 6.54 Å². The SMILES string of the molecule is Cc1nc(C2CNC(=O)NC2=O)cs1. The number of amides is 3. The predicted molar refractivity (Wildman–Crippen MR) is 51.1 cm³/mol. The minimum absolute atomic E-state index is 0.279. The Kier molecular flexibility index (Phi) is 2.20. The summed E-state index contributed by atoms with van der Waals surface area (Å²) >= 11 is 1.50. The lowest BCUT2D eigenvalue weighted by atomic mass is 10.0. The smallest absolute Gasteiger partial charge is 0.321 e. The zero-order valence-electron chi connectivity index (χ0n) is 7.53. The van der Waals surface area contributed by atoms with E-state index in [9.17, 15) is 9.59 Å². The van der Waals surface area contributed by atoms with Crippen LogP contribution in [0, 0.1) is 6.92 Å². The van der Waals surface area contributed by atoms with Crippen LogP contribution in [0.1, 0.15) is 16.6 Å². The molecule has 0 saturated carbocycles. The van der Waals surface area contributed by atoms with Gasteiger partial charge in [0.05, 0.1) is 16.6 Å². The molecule has 1 saturated heterocycles. The lowest BCUT2D eigenvalue weighted by Crippen LogP contribution is -2.51. The molecular weight excluding hydrogens is 202 g/mol. The first-order valence-corrected chi connectivity index (χ1v) is 5.05. The van der Waals surface area contributed by atoms with Gasteiger partial charge in [0.2, 0.25) is 5.91 Å². The lowest BCUT2D eigenvalue weighted by Gasteiger charge is -2.20.